The molecule has 0 N–H and O–H groups in total. The van der Waals surface area contributed by atoms with E-state index in [4.69, 9.17) is 23.7 Å². The van der Waals surface area contributed by atoms with Gasteiger partial charge < -0.3 is 23.7 Å². The Balaban J connectivity index is 2.27. The van der Waals surface area contributed by atoms with Crippen LogP contribution in [0.15, 0.2) is 30.3 Å². The van der Waals surface area contributed by atoms with Crippen LogP contribution in [0.25, 0.3) is 0 Å². The Morgan fingerprint density at radius 2 is 1.30 bits per heavy atom. The van der Waals surface area contributed by atoms with Crippen LogP contribution < -0.4 is 29.0 Å². The van der Waals surface area contributed by atoms with Crippen LogP contribution in [0.1, 0.15) is 62.7 Å². The molecule has 0 aliphatic carbocycles. The molecular weight excluding hydrogens is 439 g/mol. The van der Waals surface area contributed by atoms with Crippen LogP contribution >= 0.6 is 8.58 Å². The number of unbranched alkanes of at least 4 members (excludes halogenated alkanes) is 4. The van der Waals surface area contributed by atoms with Crippen LogP contribution in [0.3, 0.4) is 0 Å². The number of methoxy groups -OCH3 is 3. The fraction of sp³-hybridized carbons (Fsp3) is 0.500. The highest BCUT2D eigenvalue weighted by atomic mass is 31.1. The molecule has 1 atom stereocenters. The number of hydrogen-bond donors (Lipinski definition) is 0. The Morgan fingerprint density at radius 3 is 1.85 bits per heavy atom. The monoisotopic (exact) mass is 476 g/mol. The lowest BCUT2D eigenvalue weighted by atomic mass is 10.2. The van der Waals surface area contributed by atoms with Crippen molar-refractivity contribution >= 4 is 19.4 Å². The van der Waals surface area contributed by atoms with E-state index in [0.717, 1.165) is 49.6 Å². The summed E-state index contributed by atoms with van der Waals surface area (Å²) in [5.41, 5.74) is 0.303. The minimum absolute atomic E-state index is 0.0959. The van der Waals surface area contributed by atoms with Gasteiger partial charge in [-0.05, 0) is 33.6 Å². The lowest BCUT2D eigenvalue weighted by molar-refractivity contribution is 0.108. The molecule has 0 aromatic heterocycles. The van der Waals surface area contributed by atoms with Crippen molar-refractivity contribution in [2.45, 2.75) is 52.4 Å². The molecule has 0 spiro atoms. The van der Waals surface area contributed by atoms with Crippen molar-refractivity contribution < 1.29 is 28.5 Å². The first kappa shape index (κ1) is 26.8. The van der Waals surface area contributed by atoms with Gasteiger partial charge in [0.1, 0.15) is 34.3 Å². The van der Waals surface area contributed by atoms with Crippen LogP contribution in [0, 0.1) is 0 Å². The van der Waals surface area contributed by atoms with E-state index in [2.05, 4.69) is 13.8 Å². The highest BCUT2D eigenvalue weighted by molar-refractivity contribution is 7.66. The average molecular weight is 477 g/mol. The molecule has 0 heterocycles. The normalized spacial score (nSPS) is 10.9. The molecule has 1 unspecified atom stereocenters. The van der Waals surface area contributed by atoms with Crippen LogP contribution in [-0.2, 0) is 0 Å². The number of hydrogen-bond acceptors (Lipinski definition) is 6. The molecule has 2 aromatic carbocycles. The van der Waals surface area contributed by atoms with E-state index >= 15 is 0 Å². The number of carbonyl (C=O) groups excluding carboxylic acids is 1. The summed E-state index contributed by atoms with van der Waals surface area (Å²) in [7, 11) is 4.46. The molecule has 182 valence electrons. The molecule has 0 aliphatic heterocycles. The summed E-state index contributed by atoms with van der Waals surface area (Å²) < 4.78 is 28.2. The zero-order valence-corrected chi connectivity index (χ0v) is 21.5. The second kappa shape index (κ2) is 14.6. The smallest absolute Gasteiger partial charge is 0.193 e. The second-order valence-electron chi connectivity index (χ2n) is 7.63. The molecule has 2 aromatic rings. The van der Waals surface area contributed by atoms with Crippen molar-refractivity contribution in [2.75, 3.05) is 34.5 Å². The molecule has 0 amide bonds. The number of carbonyl (C=O) groups is 1. The Kier molecular flexibility index (Phi) is 11.9. The van der Waals surface area contributed by atoms with Gasteiger partial charge in [-0.2, -0.15) is 0 Å². The van der Waals surface area contributed by atoms with Crippen molar-refractivity contribution in [3.63, 3.8) is 0 Å². The lowest BCUT2D eigenvalue weighted by Gasteiger charge is -2.16. The summed E-state index contributed by atoms with van der Waals surface area (Å²) in [6, 6.07) is 9.10. The first-order chi connectivity index (χ1) is 16.1. The minimum atomic E-state index is -0.159. The highest BCUT2D eigenvalue weighted by Gasteiger charge is 2.22. The predicted molar refractivity (Wildman–Crippen MR) is 135 cm³/mol. The van der Waals surface area contributed by atoms with Crippen LogP contribution in [0.2, 0.25) is 0 Å². The van der Waals surface area contributed by atoms with E-state index in [1.165, 1.54) is 14.2 Å². The van der Waals surface area contributed by atoms with Crippen molar-refractivity contribution in [1.29, 1.82) is 0 Å². The zero-order chi connectivity index (χ0) is 24.1. The molecule has 0 bridgehead atoms. The van der Waals surface area contributed by atoms with Gasteiger partial charge in [-0.1, -0.05) is 39.5 Å². The number of ether oxygens (including phenoxy) is 5. The average Bonchev–Trinajstić information content (AvgIpc) is 2.84. The van der Waals surface area contributed by atoms with E-state index in [1.54, 1.807) is 19.2 Å². The van der Waals surface area contributed by atoms with Gasteiger partial charge in [0.2, 0.25) is 0 Å². The summed E-state index contributed by atoms with van der Waals surface area (Å²) >= 11 is 0. The SMILES string of the molecule is CCCCCOc1ccc(PC(=O)c2c(OC)cc(OC)cc2OC)c(OCCCCC)c1. The number of rotatable bonds is 16. The molecule has 0 radical (unpaired) electrons. The van der Waals surface area contributed by atoms with Crippen molar-refractivity contribution in [1.82, 2.24) is 0 Å². The summed E-state index contributed by atoms with van der Waals surface area (Å²) in [5.74, 6) is 2.86. The van der Waals surface area contributed by atoms with Crippen molar-refractivity contribution in [3.05, 3.63) is 35.9 Å². The fourth-order valence-electron chi connectivity index (χ4n) is 3.31. The third kappa shape index (κ3) is 8.12. The van der Waals surface area contributed by atoms with Gasteiger partial charge in [-0.25, -0.2) is 0 Å². The van der Waals surface area contributed by atoms with Crippen LogP contribution in [0.5, 0.6) is 28.7 Å². The standard InChI is InChI=1S/C26H37O6P/c1-6-8-10-14-31-19-12-13-24(21(16-19)32-15-11-9-7-2)33-26(27)25-22(29-4)17-20(28-3)18-23(25)30-5/h12-13,16-18,33H,6-11,14-15H2,1-5H3. The van der Waals surface area contributed by atoms with E-state index in [1.807, 2.05) is 18.2 Å². The van der Waals surface area contributed by atoms with E-state index in [-0.39, 0.29) is 14.1 Å². The van der Waals surface area contributed by atoms with Gasteiger partial charge in [-0.3, -0.25) is 4.79 Å². The maximum absolute atomic E-state index is 13.4. The summed E-state index contributed by atoms with van der Waals surface area (Å²) in [4.78, 5) is 13.4. The van der Waals surface area contributed by atoms with Crippen molar-refractivity contribution in [2.24, 2.45) is 0 Å². The predicted octanol–water partition coefficient (Wildman–Crippen LogP) is 5.99. The first-order valence-electron chi connectivity index (χ1n) is 11.6. The van der Waals surface area contributed by atoms with E-state index in [9.17, 15) is 4.79 Å². The first-order valence-corrected chi connectivity index (χ1v) is 12.6. The Labute approximate surface area is 199 Å². The van der Waals surface area contributed by atoms with Crippen molar-refractivity contribution in [3.8, 4) is 28.7 Å². The molecule has 0 aliphatic rings. The summed E-state index contributed by atoms with van der Waals surface area (Å²) in [6.07, 6.45) is 6.49. The molecule has 7 heteroatoms. The maximum Gasteiger partial charge on any atom is 0.193 e. The Morgan fingerprint density at radius 1 is 0.727 bits per heavy atom. The minimum Gasteiger partial charge on any atom is -0.496 e. The maximum atomic E-state index is 13.4. The largest absolute Gasteiger partial charge is 0.496 e. The van der Waals surface area contributed by atoms with Gasteiger partial charge in [-0.15, -0.1) is 0 Å². The van der Waals surface area contributed by atoms with E-state index < -0.39 is 0 Å². The molecule has 2 rings (SSSR count). The topological polar surface area (TPSA) is 63.2 Å². The van der Waals surface area contributed by atoms with Gasteiger partial charge in [0.25, 0.3) is 0 Å². The van der Waals surface area contributed by atoms with Gasteiger partial charge in [0, 0.05) is 23.5 Å². The Bertz CT molecular complexity index is 858. The molecule has 0 fully saturated rings. The van der Waals surface area contributed by atoms with Crippen LogP contribution in [0.4, 0.5) is 0 Å². The molecular formula is C26H37O6P. The quantitative estimate of drug-likeness (QED) is 0.219. The third-order valence-electron chi connectivity index (χ3n) is 5.17. The molecule has 0 saturated carbocycles. The lowest BCUT2D eigenvalue weighted by Crippen LogP contribution is -2.10. The molecule has 33 heavy (non-hydrogen) atoms. The third-order valence-corrected chi connectivity index (χ3v) is 6.32. The highest BCUT2D eigenvalue weighted by Crippen LogP contribution is 2.39. The molecule has 0 saturated heterocycles. The van der Waals surface area contributed by atoms with E-state index in [0.29, 0.717) is 41.8 Å². The van der Waals surface area contributed by atoms with Gasteiger partial charge >= 0.3 is 0 Å². The van der Waals surface area contributed by atoms with Gasteiger partial charge in [0.05, 0.1) is 34.5 Å². The fourth-order valence-corrected chi connectivity index (χ4v) is 4.36. The summed E-state index contributed by atoms with van der Waals surface area (Å²) in [5, 5.41) is 0.831. The second-order valence-corrected chi connectivity index (χ2v) is 8.87. The summed E-state index contributed by atoms with van der Waals surface area (Å²) in [6.45, 7) is 5.60. The zero-order valence-electron chi connectivity index (χ0n) is 20.5. The number of benzene rings is 2. The molecule has 6 nitrogen and oxygen atoms in total. The Hall–Kier alpha value is -2.46. The van der Waals surface area contributed by atoms with Gasteiger partial charge in [0.15, 0.2) is 5.52 Å². The van der Waals surface area contributed by atoms with Crippen LogP contribution in [-0.4, -0.2) is 40.1 Å².